The van der Waals surface area contributed by atoms with Gasteiger partial charge in [0.15, 0.2) is 0 Å². The highest BCUT2D eigenvalue weighted by atomic mass is 16.3. The predicted octanol–water partition coefficient (Wildman–Crippen LogP) is 4.74. The summed E-state index contributed by atoms with van der Waals surface area (Å²) in [5, 5.41) is 9.52. The van der Waals surface area contributed by atoms with E-state index >= 15 is 0 Å². The molecule has 1 aromatic heterocycles. The van der Waals surface area contributed by atoms with Crippen molar-refractivity contribution in [2.45, 2.75) is 13.5 Å². The second-order valence-corrected chi connectivity index (χ2v) is 6.92. The summed E-state index contributed by atoms with van der Waals surface area (Å²) in [6.45, 7) is 1.71. The van der Waals surface area contributed by atoms with E-state index in [0.29, 0.717) is 17.1 Å². The van der Waals surface area contributed by atoms with Gasteiger partial charge in [-0.25, -0.2) is 0 Å². The van der Waals surface area contributed by atoms with Crippen LogP contribution in [-0.2, 0) is 16.1 Å². The molecule has 1 aliphatic heterocycles. The molecule has 2 amide bonds. The monoisotopic (exact) mass is 394 g/mol. The Kier molecular flexibility index (Phi) is 5.15. The first-order valence-electron chi connectivity index (χ1n) is 9.47. The fourth-order valence-electron chi connectivity index (χ4n) is 3.37. The molecule has 0 saturated heterocycles. The summed E-state index contributed by atoms with van der Waals surface area (Å²) in [6, 6.07) is 24.4. The van der Waals surface area contributed by atoms with Crippen LogP contribution in [0.5, 0.6) is 0 Å². The van der Waals surface area contributed by atoms with Gasteiger partial charge in [-0.05, 0) is 36.3 Å². The van der Waals surface area contributed by atoms with Crippen LogP contribution in [0.3, 0.4) is 0 Å². The lowest BCUT2D eigenvalue weighted by atomic mass is 9.94. The van der Waals surface area contributed by atoms with Crippen molar-refractivity contribution in [2.75, 3.05) is 0 Å². The zero-order valence-electron chi connectivity index (χ0n) is 16.3. The number of amides is 2. The Morgan fingerprint density at radius 1 is 0.933 bits per heavy atom. The van der Waals surface area contributed by atoms with E-state index in [1.807, 2.05) is 72.8 Å². The van der Waals surface area contributed by atoms with E-state index in [-0.39, 0.29) is 17.7 Å². The third-order valence-corrected chi connectivity index (χ3v) is 4.98. The van der Waals surface area contributed by atoms with Gasteiger partial charge in [0.25, 0.3) is 11.8 Å². The number of nitrogens with zero attached hydrogens (tertiary/aromatic N) is 2. The van der Waals surface area contributed by atoms with Gasteiger partial charge in [-0.3, -0.25) is 14.5 Å². The van der Waals surface area contributed by atoms with Crippen LogP contribution in [0.2, 0.25) is 0 Å². The van der Waals surface area contributed by atoms with Gasteiger partial charge in [0.1, 0.15) is 23.2 Å². The Hall–Kier alpha value is -4.17. The Labute approximate surface area is 174 Å². The maximum absolute atomic E-state index is 13.1. The molecule has 1 aliphatic rings. The highest BCUT2D eigenvalue weighted by molar-refractivity contribution is 6.19. The van der Waals surface area contributed by atoms with Crippen molar-refractivity contribution in [2.24, 2.45) is 0 Å². The van der Waals surface area contributed by atoms with E-state index in [9.17, 15) is 14.9 Å². The van der Waals surface area contributed by atoms with Gasteiger partial charge in [0.2, 0.25) is 0 Å². The van der Waals surface area contributed by atoms with Crippen molar-refractivity contribution >= 4 is 17.9 Å². The first-order valence-corrected chi connectivity index (χ1v) is 9.47. The van der Waals surface area contributed by atoms with Crippen LogP contribution < -0.4 is 0 Å². The second kappa shape index (κ2) is 8.06. The Morgan fingerprint density at radius 3 is 2.27 bits per heavy atom. The zero-order valence-corrected chi connectivity index (χ0v) is 16.3. The number of imide groups is 1. The average molecular weight is 394 g/mol. The molecule has 0 spiro atoms. The lowest BCUT2D eigenvalue weighted by Gasteiger charge is -2.27. The van der Waals surface area contributed by atoms with Crippen LogP contribution in [0.25, 0.3) is 17.4 Å². The minimum Gasteiger partial charge on any atom is -0.457 e. The van der Waals surface area contributed by atoms with Crippen molar-refractivity contribution in [3.05, 3.63) is 101 Å². The summed E-state index contributed by atoms with van der Waals surface area (Å²) in [6.07, 6.45) is 1.59. The smallest absolute Gasteiger partial charge is 0.271 e. The molecule has 4 rings (SSSR count). The fourth-order valence-corrected chi connectivity index (χ4v) is 3.37. The molecule has 5 nitrogen and oxygen atoms in total. The lowest BCUT2D eigenvalue weighted by Crippen LogP contribution is -2.42. The van der Waals surface area contributed by atoms with E-state index < -0.39 is 11.8 Å². The molecule has 3 aromatic rings. The third-order valence-electron chi connectivity index (χ3n) is 4.98. The Bertz CT molecular complexity index is 1210. The normalized spacial score (nSPS) is 15.6. The van der Waals surface area contributed by atoms with Gasteiger partial charge in [-0.2, -0.15) is 5.26 Å². The van der Waals surface area contributed by atoms with Crippen molar-refractivity contribution in [1.29, 1.82) is 5.26 Å². The minimum absolute atomic E-state index is 0.0355. The van der Waals surface area contributed by atoms with Crippen molar-refractivity contribution in [3.8, 4) is 17.4 Å². The van der Waals surface area contributed by atoms with E-state index in [0.717, 1.165) is 16.0 Å². The lowest BCUT2D eigenvalue weighted by molar-refractivity contribution is -0.141. The van der Waals surface area contributed by atoms with Crippen LogP contribution >= 0.6 is 0 Å². The molecule has 5 heteroatoms. The molecule has 0 fully saturated rings. The summed E-state index contributed by atoms with van der Waals surface area (Å²) >= 11 is 0. The summed E-state index contributed by atoms with van der Waals surface area (Å²) in [7, 11) is 0. The number of nitriles is 1. The highest BCUT2D eigenvalue weighted by Crippen LogP contribution is 2.30. The first kappa shape index (κ1) is 19.2. The van der Waals surface area contributed by atoms with Gasteiger partial charge < -0.3 is 4.42 Å². The molecule has 0 radical (unpaired) electrons. The van der Waals surface area contributed by atoms with Gasteiger partial charge in [-0.1, -0.05) is 60.7 Å². The number of rotatable bonds is 4. The van der Waals surface area contributed by atoms with Crippen LogP contribution in [0.1, 0.15) is 18.2 Å². The fraction of sp³-hybridized carbons (Fsp3) is 0.0800. The third kappa shape index (κ3) is 3.59. The van der Waals surface area contributed by atoms with Gasteiger partial charge in [0, 0.05) is 11.1 Å². The number of carbonyl (C=O) groups is 2. The molecule has 0 bridgehead atoms. The Balaban J connectivity index is 1.72. The maximum atomic E-state index is 13.1. The molecular formula is C25H18N2O3. The summed E-state index contributed by atoms with van der Waals surface area (Å²) in [5.74, 6) is 0.122. The first-order chi connectivity index (χ1) is 14.6. The topological polar surface area (TPSA) is 74.3 Å². The molecule has 30 heavy (non-hydrogen) atoms. The van der Waals surface area contributed by atoms with Crippen molar-refractivity contribution in [1.82, 2.24) is 4.90 Å². The molecule has 2 heterocycles. The van der Waals surface area contributed by atoms with Gasteiger partial charge in [-0.15, -0.1) is 0 Å². The maximum Gasteiger partial charge on any atom is 0.271 e. The quantitative estimate of drug-likeness (QED) is 0.473. The molecule has 0 atom stereocenters. The van der Waals surface area contributed by atoms with Gasteiger partial charge >= 0.3 is 0 Å². The SMILES string of the molecule is CC1=C(C#N)C(=O)N(Cc2ccccc2)C(=O)/C1=C/c1ccc(-c2ccccc2)o1. The average Bonchev–Trinajstić information content (AvgIpc) is 3.25. The van der Waals surface area contributed by atoms with E-state index in [2.05, 4.69) is 0 Å². The highest BCUT2D eigenvalue weighted by Gasteiger charge is 2.35. The summed E-state index contributed by atoms with van der Waals surface area (Å²) in [4.78, 5) is 27.0. The molecule has 0 saturated carbocycles. The molecule has 0 unspecified atom stereocenters. The number of furan rings is 1. The standard InChI is InChI=1S/C25H18N2O3/c1-17-21(14-20-12-13-23(30-20)19-10-6-3-7-11-19)24(28)27(25(29)22(17)15-26)16-18-8-4-2-5-9-18/h2-14H,16H2,1H3/b21-14+. The molecule has 0 N–H and O–H groups in total. The zero-order chi connectivity index (χ0) is 21.1. The van der Waals surface area contributed by atoms with Crippen LogP contribution in [0.15, 0.2) is 93.9 Å². The van der Waals surface area contributed by atoms with E-state index in [1.165, 1.54) is 0 Å². The predicted molar refractivity (Wildman–Crippen MR) is 112 cm³/mol. The second-order valence-electron chi connectivity index (χ2n) is 6.92. The number of benzene rings is 2. The van der Waals surface area contributed by atoms with Crippen LogP contribution in [-0.4, -0.2) is 16.7 Å². The molecule has 2 aromatic carbocycles. The van der Waals surface area contributed by atoms with Crippen molar-refractivity contribution in [3.63, 3.8) is 0 Å². The summed E-state index contributed by atoms with van der Waals surface area (Å²) in [5.41, 5.74) is 2.32. The van der Waals surface area contributed by atoms with Gasteiger partial charge in [0.05, 0.1) is 6.54 Å². The number of hydrogen-bond acceptors (Lipinski definition) is 4. The van der Waals surface area contributed by atoms with E-state index in [4.69, 9.17) is 4.42 Å². The molecule has 0 aliphatic carbocycles. The van der Waals surface area contributed by atoms with Crippen molar-refractivity contribution < 1.29 is 14.0 Å². The molecular weight excluding hydrogens is 376 g/mol. The molecule has 146 valence electrons. The minimum atomic E-state index is -0.578. The Morgan fingerprint density at radius 2 is 1.60 bits per heavy atom. The van der Waals surface area contributed by atoms with Crippen LogP contribution in [0.4, 0.5) is 0 Å². The van der Waals surface area contributed by atoms with E-state index in [1.54, 1.807) is 19.1 Å². The summed E-state index contributed by atoms with van der Waals surface area (Å²) < 4.78 is 5.88. The number of carbonyl (C=O) groups excluding carboxylic acids is 2. The number of hydrogen-bond donors (Lipinski definition) is 0. The largest absolute Gasteiger partial charge is 0.457 e. The van der Waals surface area contributed by atoms with Crippen LogP contribution in [0, 0.1) is 11.3 Å².